The van der Waals surface area contributed by atoms with Gasteiger partial charge in [0.1, 0.15) is 0 Å². The summed E-state index contributed by atoms with van der Waals surface area (Å²) in [6.07, 6.45) is 2.15. The van der Waals surface area contributed by atoms with Crippen LogP contribution < -0.4 is 5.73 Å². The number of nitrogens with two attached hydrogens (primary N) is 1. The average molecular weight is 250 g/mol. The SMILES string of the molecule is Cc1cc(CN)ccc1Cn1ccc2ccccc21. The van der Waals surface area contributed by atoms with Crippen molar-refractivity contribution in [1.82, 2.24) is 4.57 Å². The Morgan fingerprint density at radius 3 is 2.68 bits per heavy atom. The van der Waals surface area contributed by atoms with Crippen LogP contribution in [0.3, 0.4) is 0 Å². The summed E-state index contributed by atoms with van der Waals surface area (Å²) in [7, 11) is 0. The second kappa shape index (κ2) is 4.90. The number of aryl methyl sites for hydroxylation is 1. The quantitative estimate of drug-likeness (QED) is 0.758. The molecule has 2 aromatic carbocycles. The van der Waals surface area contributed by atoms with E-state index >= 15 is 0 Å². The molecule has 0 unspecified atom stereocenters. The van der Waals surface area contributed by atoms with E-state index in [-0.39, 0.29) is 0 Å². The van der Waals surface area contributed by atoms with Crippen LogP contribution in [0.25, 0.3) is 10.9 Å². The van der Waals surface area contributed by atoms with Gasteiger partial charge in [0.15, 0.2) is 0 Å². The van der Waals surface area contributed by atoms with Crippen molar-refractivity contribution in [2.75, 3.05) is 0 Å². The number of nitrogens with zero attached hydrogens (tertiary/aromatic N) is 1. The fraction of sp³-hybridized carbons (Fsp3) is 0.176. The van der Waals surface area contributed by atoms with Gasteiger partial charge in [-0.1, -0.05) is 36.4 Å². The molecule has 2 heteroatoms. The number of rotatable bonds is 3. The van der Waals surface area contributed by atoms with Gasteiger partial charge in [0.25, 0.3) is 0 Å². The predicted molar refractivity (Wildman–Crippen MR) is 80.1 cm³/mol. The van der Waals surface area contributed by atoms with Crippen LogP contribution in [0.5, 0.6) is 0 Å². The maximum Gasteiger partial charge on any atom is 0.0483 e. The molecule has 0 saturated heterocycles. The van der Waals surface area contributed by atoms with E-state index in [1.165, 1.54) is 27.6 Å². The minimum atomic E-state index is 0.605. The predicted octanol–water partition coefficient (Wildman–Crippen LogP) is 3.46. The van der Waals surface area contributed by atoms with Crippen molar-refractivity contribution in [2.24, 2.45) is 5.73 Å². The molecule has 0 aliphatic carbocycles. The third-order valence-electron chi connectivity index (χ3n) is 3.66. The summed E-state index contributed by atoms with van der Waals surface area (Å²) in [5.41, 5.74) is 10.8. The van der Waals surface area contributed by atoms with Gasteiger partial charge < -0.3 is 10.3 Å². The molecule has 0 saturated carbocycles. The summed E-state index contributed by atoms with van der Waals surface area (Å²) < 4.78 is 2.29. The molecule has 3 aromatic rings. The topological polar surface area (TPSA) is 30.9 Å². The lowest BCUT2D eigenvalue weighted by molar-refractivity contribution is 0.829. The van der Waals surface area contributed by atoms with E-state index in [0.717, 1.165) is 6.54 Å². The first-order chi connectivity index (χ1) is 9.28. The first kappa shape index (κ1) is 12.0. The lowest BCUT2D eigenvalue weighted by Gasteiger charge is -2.10. The maximum atomic E-state index is 5.67. The van der Waals surface area contributed by atoms with Gasteiger partial charge in [0.05, 0.1) is 0 Å². The Labute approximate surface area is 113 Å². The fourth-order valence-corrected chi connectivity index (χ4v) is 2.52. The first-order valence-electron chi connectivity index (χ1n) is 6.60. The van der Waals surface area contributed by atoms with Crippen molar-refractivity contribution in [3.05, 3.63) is 71.4 Å². The van der Waals surface area contributed by atoms with Crippen LogP contribution in [0.4, 0.5) is 0 Å². The maximum absolute atomic E-state index is 5.67. The van der Waals surface area contributed by atoms with Crippen LogP contribution in [0.2, 0.25) is 0 Å². The van der Waals surface area contributed by atoms with Gasteiger partial charge in [-0.25, -0.2) is 0 Å². The summed E-state index contributed by atoms with van der Waals surface area (Å²) in [6.45, 7) is 3.66. The van der Waals surface area contributed by atoms with Gasteiger partial charge in [0.2, 0.25) is 0 Å². The van der Waals surface area contributed by atoms with Gasteiger partial charge in [-0.15, -0.1) is 0 Å². The lowest BCUT2D eigenvalue weighted by Crippen LogP contribution is -2.02. The number of aromatic nitrogens is 1. The highest BCUT2D eigenvalue weighted by Gasteiger charge is 2.04. The molecule has 0 radical (unpaired) electrons. The van der Waals surface area contributed by atoms with Gasteiger partial charge in [-0.2, -0.15) is 0 Å². The largest absolute Gasteiger partial charge is 0.343 e. The first-order valence-corrected chi connectivity index (χ1v) is 6.60. The van der Waals surface area contributed by atoms with Crippen LogP contribution >= 0.6 is 0 Å². The molecule has 3 rings (SSSR count). The molecular formula is C17H18N2. The highest BCUT2D eigenvalue weighted by molar-refractivity contribution is 5.80. The monoisotopic (exact) mass is 250 g/mol. The smallest absolute Gasteiger partial charge is 0.0483 e. The van der Waals surface area contributed by atoms with Crippen LogP contribution in [-0.2, 0) is 13.1 Å². The molecule has 0 bridgehead atoms. The van der Waals surface area contributed by atoms with Crippen molar-refractivity contribution in [2.45, 2.75) is 20.0 Å². The Kier molecular flexibility index (Phi) is 3.10. The van der Waals surface area contributed by atoms with Gasteiger partial charge >= 0.3 is 0 Å². The zero-order chi connectivity index (χ0) is 13.2. The number of para-hydroxylation sites is 1. The Hall–Kier alpha value is -2.06. The van der Waals surface area contributed by atoms with Gasteiger partial charge in [0, 0.05) is 24.8 Å². The number of benzene rings is 2. The third-order valence-corrected chi connectivity index (χ3v) is 3.66. The summed E-state index contributed by atoms with van der Waals surface area (Å²) in [5, 5.41) is 1.29. The van der Waals surface area contributed by atoms with Gasteiger partial charge in [-0.05, 0) is 41.1 Å². The number of hydrogen-bond acceptors (Lipinski definition) is 1. The number of hydrogen-bond donors (Lipinski definition) is 1. The van der Waals surface area contributed by atoms with Gasteiger partial charge in [-0.3, -0.25) is 0 Å². The Morgan fingerprint density at radius 1 is 1.05 bits per heavy atom. The summed E-state index contributed by atoms with van der Waals surface area (Å²) in [5.74, 6) is 0. The van der Waals surface area contributed by atoms with Crippen molar-refractivity contribution < 1.29 is 0 Å². The average Bonchev–Trinajstić information content (AvgIpc) is 2.84. The normalized spacial score (nSPS) is 11.1. The molecular weight excluding hydrogens is 232 g/mol. The molecule has 19 heavy (non-hydrogen) atoms. The van der Waals surface area contributed by atoms with E-state index in [1.807, 2.05) is 0 Å². The summed E-state index contributed by atoms with van der Waals surface area (Å²) >= 11 is 0. The molecule has 0 spiro atoms. The van der Waals surface area contributed by atoms with Crippen LogP contribution in [0.15, 0.2) is 54.7 Å². The van der Waals surface area contributed by atoms with E-state index in [1.54, 1.807) is 0 Å². The van der Waals surface area contributed by atoms with Crippen LogP contribution in [0, 0.1) is 6.92 Å². The lowest BCUT2D eigenvalue weighted by atomic mass is 10.0. The molecule has 0 aliphatic heterocycles. The highest BCUT2D eigenvalue weighted by atomic mass is 14.9. The molecule has 0 amide bonds. The molecule has 0 atom stereocenters. The van der Waals surface area contributed by atoms with Crippen molar-refractivity contribution >= 4 is 10.9 Å². The van der Waals surface area contributed by atoms with Crippen molar-refractivity contribution in [3.8, 4) is 0 Å². The van der Waals surface area contributed by atoms with E-state index in [9.17, 15) is 0 Å². The molecule has 0 aliphatic rings. The van der Waals surface area contributed by atoms with Crippen LogP contribution in [0.1, 0.15) is 16.7 Å². The van der Waals surface area contributed by atoms with Crippen molar-refractivity contribution in [3.63, 3.8) is 0 Å². The van der Waals surface area contributed by atoms with E-state index in [0.29, 0.717) is 6.54 Å². The zero-order valence-electron chi connectivity index (χ0n) is 11.1. The highest BCUT2D eigenvalue weighted by Crippen LogP contribution is 2.18. The van der Waals surface area contributed by atoms with E-state index < -0.39 is 0 Å². The Bertz CT molecular complexity index is 710. The Morgan fingerprint density at radius 2 is 1.89 bits per heavy atom. The molecule has 96 valence electrons. The molecule has 1 heterocycles. The zero-order valence-corrected chi connectivity index (χ0v) is 11.1. The summed E-state index contributed by atoms with van der Waals surface area (Å²) in [6, 6.07) is 17.1. The second-order valence-corrected chi connectivity index (χ2v) is 4.97. The summed E-state index contributed by atoms with van der Waals surface area (Å²) in [4.78, 5) is 0. The Balaban J connectivity index is 1.97. The van der Waals surface area contributed by atoms with E-state index in [4.69, 9.17) is 5.73 Å². The standard InChI is InChI=1S/C17H18N2/c1-13-10-14(11-18)6-7-16(13)12-19-9-8-15-4-2-3-5-17(15)19/h2-10H,11-12,18H2,1H3. The van der Waals surface area contributed by atoms with Crippen LogP contribution in [-0.4, -0.2) is 4.57 Å². The van der Waals surface area contributed by atoms with E-state index in [2.05, 4.69) is 66.2 Å². The molecule has 0 fully saturated rings. The second-order valence-electron chi connectivity index (χ2n) is 4.97. The third kappa shape index (κ3) is 2.27. The molecule has 2 N–H and O–H groups in total. The molecule has 2 nitrogen and oxygen atoms in total. The van der Waals surface area contributed by atoms with Crippen molar-refractivity contribution in [1.29, 1.82) is 0 Å². The minimum Gasteiger partial charge on any atom is -0.343 e. The number of fused-ring (bicyclic) bond motifs is 1. The fourth-order valence-electron chi connectivity index (χ4n) is 2.52. The molecule has 1 aromatic heterocycles. The minimum absolute atomic E-state index is 0.605.